The van der Waals surface area contributed by atoms with Crippen LogP contribution in [0.1, 0.15) is 39.5 Å². The highest BCUT2D eigenvalue weighted by molar-refractivity contribution is 4.85. The van der Waals surface area contributed by atoms with E-state index in [0.29, 0.717) is 18.5 Å². The Hall–Kier alpha value is -0.150. The lowest BCUT2D eigenvalue weighted by molar-refractivity contribution is 0.119. The molecule has 0 amide bonds. The molecule has 90 valence electrons. The molecule has 0 aromatic carbocycles. The molecule has 2 unspecified atom stereocenters. The van der Waals surface area contributed by atoms with Gasteiger partial charge in [0.2, 0.25) is 0 Å². The van der Waals surface area contributed by atoms with Crippen molar-refractivity contribution in [3.63, 3.8) is 0 Å². The number of alkyl halides is 1. The molecule has 15 heavy (non-hydrogen) atoms. The first-order valence-electron chi connectivity index (χ1n) is 6.35. The summed E-state index contributed by atoms with van der Waals surface area (Å²) in [4.78, 5) is 2.47. The lowest BCUT2D eigenvalue weighted by Gasteiger charge is -2.40. The van der Waals surface area contributed by atoms with Crippen LogP contribution in [0.3, 0.4) is 0 Å². The molecular weight excluding hydrogens is 191 g/mol. The molecule has 0 bridgehead atoms. The third-order valence-electron chi connectivity index (χ3n) is 3.30. The van der Waals surface area contributed by atoms with Gasteiger partial charge in [-0.1, -0.05) is 20.3 Å². The van der Waals surface area contributed by atoms with E-state index in [-0.39, 0.29) is 6.67 Å². The molecule has 1 aliphatic rings. The topological polar surface area (TPSA) is 15.3 Å². The molecule has 1 fully saturated rings. The van der Waals surface area contributed by atoms with Gasteiger partial charge in [-0.15, -0.1) is 0 Å². The molecule has 1 rings (SSSR count). The second kappa shape index (κ2) is 7.18. The van der Waals surface area contributed by atoms with Crippen LogP contribution in [0.5, 0.6) is 0 Å². The fourth-order valence-corrected chi connectivity index (χ4v) is 2.41. The summed E-state index contributed by atoms with van der Waals surface area (Å²) in [5.41, 5.74) is 0. The standard InChI is InChI=1S/C12H25FN2/c1-3-6-11-10-15(8-5-7-13)12(4-2)9-14-11/h11-12,14H,3-10H2,1-2H3. The summed E-state index contributed by atoms with van der Waals surface area (Å²) in [7, 11) is 0. The normalized spacial score (nSPS) is 28.2. The molecule has 2 atom stereocenters. The van der Waals surface area contributed by atoms with Crippen molar-refractivity contribution in [2.24, 2.45) is 0 Å². The largest absolute Gasteiger partial charge is 0.311 e. The van der Waals surface area contributed by atoms with Gasteiger partial charge in [0.25, 0.3) is 0 Å². The van der Waals surface area contributed by atoms with Gasteiger partial charge >= 0.3 is 0 Å². The summed E-state index contributed by atoms with van der Waals surface area (Å²) in [6.45, 7) is 7.37. The minimum atomic E-state index is -0.182. The fourth-order valence-electron chi connectivity index (χ4n) is 2.41. The predicted molar refractivity (Wildman–Crippen MR) is 62.9 cm³/mol. The minimum absolute atomic E-state index is 0.182. The quantitative estimate of drug-likeness (QED) is 0.732. The van der Waals surface area contributed by atoms with Gasteiger partial charge in [-0.25, -0.2) is 0 Å². The Bertz CT molecular complexity index is 164. The van der Waals surface area contributed by atoms with E-state index in [1.807, 2.05) is 0 Å². The summed E-state index contributed by atoms with van der Waals surface area (Å²) in [6.07, 6.45) is 4.32. The van der Waals surface area contributed by atoms with Gasteiger partial charge in [0.05, 0.1) is 6.67 Å². The zero-order chi connectivity index (χ0) is 11.1. The van der Waals surface area contributed by atoms with E-state index in [2.05, 4.69) is 24.1 Å². The first-order chi connectivity index (χ1) is 7.31. The molecule has 1 N–H and O–H groups in total. The van der Waals surface area contributed by atoms with Crippen LogP contribution < -0.4 is 5.32 Å². The highest BCUT2D eigenvalue weighted by Crippen LogP contribution is 2.13. The maximum atomic E-state index is 12.2. The fraction of sp³-hybridized carbons (Fsp3) is 1.00. The van der Waals surface area contributed by atoms with Crippen molar-refractivity contribution in [1.29, 1.82) is 0 Å². The van der Waals surface area contributed by atoms with Gasteiger partial charge in [-0.05, 0) is 19.3 Å². The van der Waals surface area contributed by atoms with E-state index in [9.17, 15) is 4.39 Å². The summed E-state index contributed by atoms with van der Waals surface area (Å²) in [6, 6.07) is 1.24. The second-order valence-electron chi connectivity index (χ2n) is 4.49. The van der Waals surface area contributed by atoms with Crippen LogP contribution in [0, 0.1) is 0 Å². The molecule has 2 nitrogen and oxygen atoms in total. The maximum Gasteiger partial charge on any atom is 0.0906 e. The zero-order valence-corrected chi connectivity index (χ0v) is 10.1. The van der Waals surface area contributed by atoms with Crippen molar-refractivity contribution in [2.45, 2.75) is 51.6 Å². The third-order valence-corrected chi connectivity index (χ3v) is 3.30. The summed E-state index contributed by atoms with van der Waals surface area (Å²) in [5.74, 6) is 0. The van der Waals surface area contributed by atoms with Crippen LogP contribution in [-0.4, -0.2) is 43.3 Å². The summed E-state index contributed by atoms with van der Waals surface area (Å²) >= 11 is 0. The van der Waals surface area contributed by atoms with Crippen molar-refractivity contribution in [1.82, 2.24) is 10.2 Å². The number of piperazine rings is 1. The lowest BCUT2D eigenvalue weighted by Crippen LogP contribution is -2.56. The number of nitrogens with one attached hydrogen (secondary N) is 1. The van der Waals surface area contributed by atoms with Crippen molar-refractivity contribution >= 4 is 0 Å². The van der Waals surface area contributed by atoms with Crippen molar-refractivity contribution in [3.05, 3.63) is 0 Å². The Morgan fingerprint density at radius 3 is 2.80 bits per heavy atom. The molecular formula is C12H25FN2. The van der Waals surface area contributed by atoms with Crippen LogP contribution in [-0.2, 0) is 0 Å². The molecule has 3 heteroatoms. The van der Waals surface area contributed by atoms with Crippen molar-refractivity contribution in [2.75, 3.05) is 26.3 Å². The smallest absolute Gasteiger partial charge is 0.0906 e. The van der Waals surface area contributed by atoms with Crippen molar-refractivity contribution in [3.8, 4) is 0 Å². The van der Waals surface area contributed by atoms with Crippen LogP contribution in [0.2, 0.25) is 0 Å². The van der Waals surface area contributed by atoms with Gasteiger partial charge in [-0.3, -0.25) is 9.29 Å². The molecule has 0 radical (unpaired) electrons. The number of rotatable bonds is 6. The first kappa shape index (κ1) is 12.9. The van der Waals surface area contributed by atoms with Gasteiger partial charge in [0.1, 0.15) is 0 Å². The Labute approximate surface area is 93.2 Å². The molecule has 0 aromatic rings. The molecule has 0 spiro atoms. The molecule has 1 aliphatic heterocycles. The van der Waals surface area contributed by atoms with Crippen LogP contribution in [0.4, 0.5) is 4.39 Å². The predicted octanol–water partition coefficient (Wildman–Crippen LogP) is 2.20. The number of hydrogen-bond donors (Lipinski definition) is 1. The van der Waals surface area contributed by atoms with E-state index in [1.54, 1.807) is 0 Å². The summed E-state index contributed by atoms with van der Waals surface area (Å²) in [5, 5.41) is 3.59. The number of halogens is 1. The lowest BCUT2D eigenvalue weighted by atomic mass is 10.0. The van der Waals surface area contributed by atoms with E-state index >= 15 is 0 Å². The van der Waals surface area contributed by atoms with Crippen LogP contribution in [0.15, 0.2) is 0 Å². The minimum Gasteiger partial charge on any atom is -0.311 e. The van der Waals surface area contributed by atoms with E-state index in [4.69, 9.17) is 0 Å². The van der Waals surface area contributed by atoms with Crippen LogP contribution >= 0.6 is 0 Å². The average molecular weight is 216 g/mol. The Balaban J connectivity index is 2.38. The molecule has 0 saturated carbocycles. The first-order valence-corrected chi connectivity index (χ1v) is 6.35. The highest BCUT2D eigenvalue weighted by atomic mass is 19.1. The number of hydrogen-bond acceptors (Lipinski definition) is 2. The van der Waals surface area contributed by atoms with Gasteiger partial charge in [-0.2, -0.15) is 0 Å². The zero-order valence-electron chi connectivity index (χ0n) is 10.1. The Morgan fingerprint density at radius 2 is 2.20 bits per heavy atom. The molecule has 0 aliphatic carbocycles. The SMILES string of the molecule is CCCC1CN(CCCF)C(CC)CN1. The second-order valence-corrected chi connectivity index (χ2v) is 4.49. The Morgan fingerprint density at radius 1 is 1.40 bits per heavy atom. The van der Waals surface area contributed by atoms with Gasteiger partial charge in [0, 0.05) is 31.7 Å². The van der Waals surface area contributed by atoms with Gasteiger partial charge in [0.15, 0.2) is 0 Å². The average Bonchev–Trinajstić information content (AvgIpc) is 2.27. The Kier molecular flexibility index (Phi) is 6.18. The maximum absolute atomic E-state index is 12.2. The van der Waals surface area contributed by atoms with E-state index < -0.39 is 0 Å². The van der Waals surface area contributed by atoms with E-state index in [0.717, 1.165) is 26.1 Å². The van der Waals surface area contributed by atoms with Gasteiger partial charge < -0.3 is 5.32 Å². The monoisotopic (exact) mass is 216 g/mol. The third kappa shape index (κ3) is 4.07. The summed E-state index contributed by atoms with van der Waals surface area (Å²) < 4.78 is 12.2. The van der Waals surface area contributed by atoms with E-state index in [1.165, 1.54) is 12.8 Å². The number of nitrogens with zero attached hydrogens (tertiary/aromatic N) is 1. The molecule has 1 saturated heterocycles. The van der Waals surface area contributed by atoms with Crippen molar-refractivity contribution < 1.29 is 4.39 Å². The van der Waals surface area contributed by atoms with Crippen LogP contribution in [0.25, 0.3) is 0 Å². The molecule has 1 heterocycles. The highest BCUT2D eigenvalue weighted by Gasteiger charge is 2.25. The molecule has 0 aromatic heterocycles.